The van der Waals surface area contributed by atoms with E-state index < -0.39 is 0 Å². The molecule has 2 aromatic heterocycles. The lowest BCUT2D eigenvalue weighted by Crippen LogP contribution is -2.18. The molecule has 0 saturated carbocycles. The van der Waals surface area contributed by atoms with Crippen molar-refractivity contribution in [2.75, 3.05) is 38.8 Å². The van der Waals surface area contributed by atoms with Crippen LogP contribution in [-0.4, -0.2) is 58.3 Å². The molecule has 3 N–H and O–H groups in total. The number of hydrogen-bond acceptors (Lipinski definition) is 8. The Morgan fingerprint density at radius 1 is 1.06 bits per heavy atom. The number of ether oxygens (including phenoxy) is 3. The number of carbonyl (C=O) groups excluding carboxylic acids is 1. The van der Waals surface area contributed by atoms with Crippen LogP contribution in [0.25, 0.3) is 11.2 Å². The molecule has 0 radical (unpaired) electrons. The smallest absolute Gasteiger partial charge is 0.328 e. The van der Waals surface area contributed by atoms with Crippen LogP contribution in [0.3, 0.4) is 0 Å². The molecule has 3 aromatic rings. The van der Waals surface area contributed by atoms with E-state index in [1.807, 2.05) is 26.0 Å². The van der Waals surface area contributed by atoms with Crippen LogP contribution < -0.4 is 16.2 Å². The molecule has 0 spiro atoms. The molecule has 10 nitrogen and oxygen atoms in total. The van der Waals surface area contributed by atoms with Gasteiger partial charge in [-0.25, -0.2) is 4.79 Å². The highest BCUT2D eigenvalue weighted by Crippen LogP contribution is 2.19. The van der Waals surface area contributed by atoms with Crippen LogP contribution in [-0.2, 0) is 16.0 Å². The molecule has 33 heavy (non-hydrogen) atoms. The second kappa shape index (κ2) is 12.1. The summed E-state index contributed by atoms with van der Waals surface area (Å²) in [6, 6.07) is 7.34. The van der Waals surface area contributed by atoms with Crippen LogP contribution >= 0.6 is 0 Å². The Balaban J connectivity index is 1.62. The average Bonchev–Trinajstić information content (AvgIpc) is 3.13. The van der Waals surface area contributed by atoms with Crippen LogP contribution in [0.4, 0.5) is 5.82 Å². The van der Waals surface area contributed by atoms with Gasteiger partial charge < -0.3 is 24.9 Å². The minimum atomic E-state index is -0.344. The number of nitrogens with two attached hydrogens (primary N) is 1. The number of ketones is 1. The van der Waals surface area contributed by atoms with E-state index in [9.17, 15) is 9.59 Å². The van der Waals surface area contributed by atoms with Gasteiger partial charge in [-0.2, -0.15) is 9.97 Å². The quantitative estimate of drug-likeness (QED) is 0.279. The number of H-pyrrole nitrogens is 1. The lowest BCUT2D eigenvalue weighted by molar-refractivity contribution is 0.0509. The first-order valence-electron chi connectivity index (χ1n) is 11.2. The van der Waals surface area contributed by atoms with Gasteiger partial charge in [0.15, 0.2) is 17.2 Å². The van der Waals surface area contributed by atoms with Crippen molar-refractivity contribution in [3.05, 3.63) is 45.9 Å². The number of nitrogens with zero attached hydrogens (tertiary/aromatic N) is 3. The molecule has 0 atom stereocenters. The zero-order valence-corrected chi connectivity index (χ0v) is 19.1. The number of nitrogens with one attached hydrogen (secondary N) is 1. The van der Waals surface area contributed by atoms with Gasteiger partial charge in [0.1, 0.15) is 5.52 Å². The van der Waals surface area contributed by atoms with E-state index >= 15 is 0 Å². The molecule has 0 fully saturated rings. The maximum absolute atomic E-state index is 12.5. The number of rotatable bonds is 14. The molecule has 0 aliphatic carbocycles. The van der Waals surface area contributed by atoms with Gasteiger partial charge in [-0.15, -0.1) is 0 Å². The Morgan fingerprint density at radius 2 is 1.82 bits per heavy atom. The molecule has 10 heteroatoms. The summed E-state index contributed by atoms with van der Waals surface area (Å²) in [5.74, 6) is 0.210. The molecule has 2 heterocycles. The van der Waals surface area contributed by atoms with E-state index in [1.54, 1.807) is 12.1 Å². The van der Waals surface area contributed by atoms with Gasteiger partial charge in [-0.05, 0) is 25.3 Å². The molecule has 0 bridgehead atoms. The fourth-order valence-corrected chi connectivity index (χ4v) is 3.26. The predicted octanol–water partition coefficient (Wildman–Crippen LogP) is 2.55. The molecule has 3 rings (SSSR count). The van der Waals surface area contributed by atoms with E-state index in [4.69, 9.17) is 19.9 Å². The van der Waals surface area contributed by atoms with Gasteiger partial charge in [0.25, 0.3) is 0 Å². The summed E-state index contributed by atoms with van der Waals surface area (Å²) in [5, 5.41) is 0. The van der Waals surface area contributed by atoms with Crippen molar-refractivity contribution >= 4 is 22.8 Å². The summed E-state index contributed by atoms with van der Waals surface area (Å²) in [6.45, 7) is 6.92. The summed E-state index contributed by atoms with van der Waals surface area (Å²) in [6.07, 6.45) is 1.86. The number of hydrogen-bond donors (Lipinski definition) is 2. The highest BCUT2D eigenvalue weighted by Gasteiger charge is 2.15. The van der Waals surface area contributed by atoms with Gasteiger partial charge in [0, 0.05) is 25.2 Å². The zero-order valence-electron chi connectivity index (χ0n) is 19.1. The van der Waals surface area contributed by atoms with Crippen LogP contribution in [0, 0.1) is 0 Å². The maximum Gasteiger partial charge on any atom is 0.328 e. The predicted molar refractivity (Wildman–Crippen MR) is 125 cm³/mol. The number of fused-ring (bicyclic) bond motifs is 1. The highest BCUT2D eigenvalue weighted by molar-refractivity contribution is 5.96. The summed E-state index contributed by atoms with van der Waals surface area (Å²) in [5.41, 5.74) is 7.85. The summed E-state index contributed by atoms with van der Waals surface area (Å²) < 4.78 is 17.6. The number of carbonyl (C=O) groups is 1. The molecule has 0 aliphatic heterocycles. The normalized spacial score (nSPS) is 11.2. The van der Waals surface area contributed by atoms with Crippen molar-refractivity contribution in [3.63, 3.8) is 0 Å². The molecule has 1 aromatic carbocycles. The van der Waals surface area contributed by atoms with Gasteiger partial charge in [0.2, 0.25) is 0 Å². The maximum atomic E-state index is 12.5. The third-order valence-corrected chi connectivity index (χ3v) is 4.95. The first kappa shape index (κ1) is 24.4. The molecule has 0 amide bonds. The summed E-state index contributed by atoms with van der Waals surface area (Å²) in [7, 11) is 0. The standard InChI is InChI=1S/C23H31N5O5/c1-3-11-33-22-26-20(24)19-21(27-22)28(23(30)25-19)15-16-7-9-17(10-8-16)18(29)6-5-12-32-14-13-31-4-2/h7-10H,3-6,11-15H2,1-2H3,(H,25,30)(H2,24,26,27). The fraction of sp³-hybridized carbons (Fsp3) is 0.478. The third kappa shape index (κ3) is 6.62. The molecule has 0 unspecified atom stereocenters. The largest absolute Gasteiger partial charge is 0.463 e. The topological polar surface area (TPSA) is 134 Å². The Bertz CT molecular complexity index is 1110. The van der Waals surface area contributed by atoms with Gasteiger partial charge in [0.05, 0.1) is 26.4 Å². The van der Waals surface area contributed by atoms with Crippen molar-refractivity contribution < 1.29 is 19.0 Å². The van der Waals surface area contributed by atoms with Crippen LogP contribution in [0.1, 0.15) is 49.0 Å². The third-order valence-electron chi connectivity index (χ3n) is 4.95. The van der Waals surface area contributed by atoms with Gasteiger partial charge in [-0.3, -0.25) is 9.36 Å². The number of Topliss-reactive ketones (excluding diaryl/α,β-unsaturated/α-hetero) is 1. The van der Waals surface area contributed by atoms with E-state index in [-0.39, 0.29) is 29.8 Å². The van der Waals surface area contributed by atoms with Crippen LogP contribution in [0.2, 0.25) is 0 Å². The van der Waals surface area contributed by atoms with E-state index in [0.717, 1.165) is 12.0 Å². The minimum absolute atomic E-state index is 0.0532. The Morgan fingerprint density at radius 3 is 2.55 bits per heavy atom. The SMILES string of the molecule is CCCOc1nc(N)c2[nH]c(=O)n(Cc3ccc(C(=O)CCCOCCOCC)cc3)c2n1. The zero-order chi connectivity index (χ0) is 23.6. The first-order valence-corrected chi connectivity index (χ1v) is 11.2. The Labute approximate surface area is 192 Å². The number of aromatic amines is 1. The number of aromatic nitrogens is 4. The molecular weight excluding hydrogens is 426 g/mol. The van der Waals surface area contributed by atoms with Crippen molar-refractivity contribution in [2.45, 2.75) is 39.7 Å². The lowest BCUT2D eigenvalue weighted by Gasteiger charge is -2.07. The minimum Gasteiger partial charge on any atom is -0.463 e. The Kier molecular flexibility index (Phi) is 8.96. The van der Waals surface area contributed by atoms with E-state index in [2.05, 4.69) is 15.0 Å². The van der Waals surface area contributed by atoms with Crippen LogP contribution in [0.15, 0.2) is 29.1 Å². The van der Waals surface area contributed by atoms with Gasteiger partial charge in [-0.1, -0.05) is 31.2 Å². The van der Waals surface area contributed by atoms with Crippen molar-refractivity contribution in [2.24, 2.45) is 0 Å². The first-order chi connectivity index (χ1) is 16.0. The van der Waals surface area contributed by atoms with E-state index in [1.165, 1.54) is 4.57 Å². The molecule has 0 saturated heterocycles. The average molecular weight is 458 g/mol. The number of nitrogen functional groups attached to an aromatic ring is 1. The molecule has 0 aliphatic rings. The monoisotopic (exact) mass is 457 g/mol. The molecule has 178 valence electrons. The number of benzene rings is 1. The van der Waals surface area contributed by atoms with Gasteiger partial charge >= 0.3 is 11.7 Å². The second-order valence-electron chi connectivity index (χ2n) is 7.49. The van der Waals surface area contributed by atoms with E-state index in [0.29, 0.717) is 62.6 Å². The fourth-order valence-electron chi connectivity index (χ4n) is 3.26. The lowest BCUT2D eigenvalue weighted by atomic mass is 10.0. The Hall–Kier alpha value is -3.24. The number of imidazole rings is 1. The number of anilines is 1. The van der Waals surface area contributed by atoms with Crippen molar-refractivity contribution in [1.29, 1.82) is 0 Å². The summed E-state index contributed by atoms with van der Waals surface area (Å²) >= 11 is 0. The van der Waals surface area contributed by atoms with Crippen LogP contribution in [0.5, 0.6) is 6.01 Å². The molecular formula is C23H31N5O5. The highest BCUT2D eigenvalue weighted by atomic mass is 16.5. The summed E-state index contributed by atoms with van der Waals surface area (Å²) in [4.78, 5) is 36.0. The van der Waals surface area contributed by atoms with Crippen molar-refractivity contribution in [1.82, 2.24) is 19.5 Å². The van der Waals surface area contributed by atoms with Crippen molar-refractivity contribution in [3.8, 4) is 6.01 Å². The second-order valence-corrected chi connectivity index (χ2v) is 7.49.